The van der Waals surface area contributed by atoms with Gasteiger partial charge in [0.25, 0.3) is 0 Å². The molecule has 1 aliphatic rings. The lowest BCUT2D eigenvalue weighted by Crippen LogP contribution is -2.17. The third kappa shape index (κ3) is 4.57. The standard InChI is InChI=1S/C24H22FNO3/c25-19-6-1-5-17(12-19)18-11-10-16-4-2-9-23(22(16)13-18)26-20-7-3-8-21(14-20)29-15-24(27)28/h1,3,5-8,10-14,23,26H,2,4,9,15H2,(H,27,28). The van der Waals surface area contributed by atoms with E-state index in [0.717, 1.165) is 36.1 Å². The largest absolute Gasteiger partial charge is 0.482 e. The Kier molecular flexibility index (Phi) is 5.47. The molecule has 5 heteroatoms. The number of aryl methyl sites for hydroxylation is 1. The molecule has 1 aliphatic carbocycles. The van der Waals surface area contributed by atoms with Crippen molar-refractivity contribution in [2.24, 2.45) is 0 Å². The lowest BCUT2D eigenvalue weighted by molar-refractivity contribution is -0.139. The van der Waals surface area contributed by atoms with Crippen molar-refractivity contribution in [2.75, 3.05) is 11.9 Å². The summed E-state index contributed by atoms with van der Waals surface area (Å²) < 4.78 is 18.9. The van der Waals surface area contributed by atoms with E-state index in [-0.39, 0.29) is 18.5 Å². The zero-order valence-corrected chi connectivity index (χ0v) is 15.9. The summed E-state index contributed by atoms with van der Waals surface area (Å²) in [6, 6.07) is 20.4. The van der Waals surface area contributed by atoms with Gasteiger partial charge in [0.2, 0.25) is 0 Å². The molecule has 3 aromatic carbocycles. The number of anilines is 1. The first-order valence-electron chi connectivity index (χ1n) is 9.68. The van der Waals surface area contributed by atoms with Crippen LogP contribution >= 0.6 is 0 Å². The molecule has 0 saturated carbocycles. The molecule has 0 radical (unpaired) electrons. The SMILES string of the molecule is O=C(O)COc1cccc(NC2CCCc3ccc(-c4cccc(F)c4)cc32)c1. The number of hydrogen-bond donors (Lipinski definition) is 2. The van der Waals surface area contributed by atoms with Crippen molar-refractivity contribution in [3.05, 3.63) is 83.7 Å². The van der Waals surface area contributed by atoms with Crippen LogP contribution in [0.2, 0.25) is 0 Å². The number of rotatable bonds is 6. The van der Waals surface area contributed by atoms with Crippen molar-refractivity contribution in [1.82, 2.24) is 0 Å². The van der Waals surface area contributed by atoms with Crippen LogP contribution < -0.4 is 10.1 Å². The summed E-state index contributed by atoms with van der Waals surface area (Å²) in [5.41, 5.74) is 5.25. The van der Waals surface area contributed by atoms with Gasteiger partial charge in [0.05, 0.1) is 6.04 Å². The Bertz CT molecular complexity index is 1030. The number of nitrogens with one attached hydrogen (secondary N) is 1. The minimum absolute atomic E-state index is 0.127. The monoisotopic (exact) mass is 391 g/mol. The van der Waals surface area contributed by atoms with Crippen LogP contribution in [0.5, 0.6) is 5.75 Å². The number of carboxylic acid groups (broad SMARTS) is 1. The van der Waals surface area contributed by atoms with Crippen molar-refractivity contribution in [1.29, 1.82) is 0 Å². The summed E-state index contributed by atoms with van der Waals surface area (Å²) in [5.74, 6) is -0.732. The van der Waals surface area contributed by atoms with Gasteiger partial charge in [-0.05, 0) is 71.8 Å². The van der Waals surface area contributed by atoms with E-state index >= 15 is 0 Å². The molecule has 0 aliphatic heterocycles. The van der Waals surface area contributed by atoms with Gasteiger partial charge in [-0.1, -0.05) is 30.3 Å². The first kappa shape index (κ1) is 19.0. The number of aliphatic carboxylic acids is 1. The lowest BCUT2D eigenvalue weighted by atomic mass is 9.85. The average Bonchev–Trinajstić information content (AvgIpc) is 2.72. The molecule has 1 atom stereocenters. The van der Waals surface area contributed by atoms with Crippen LogP contribution in [0, 0.1) is 5.82 Å². The molecule has 0 spiro atoms. The van der Waals surface area contributed by atoms with Crippen molar-refractivity contribution < 1.29 is 19.0 Å². The maximum absolute atomic E-state index is 13.6. The van der Waals surface area contributed by atoms with Crippen LogP contribution in [0.15, 0.2) is 66.7 Å². The number of ether oxygens (including phenoxy) is 1. The fourth-order valence-electron chi connectivity index (χ4n) is 3.82. The molecule has 4 nitrogen and oxygen atoms in total. The zero-order valence-electron chi connectivity index (χ0n) is 15.9. The summed E-state index contributed by atoms with van der Waals surface area (Å²) in [6.45, 7) is -0.368. The molecule has 3 aromatic rings. The van der Waals surface area contributed by atoms with Crippen LogP contribution in [0.4, 0.5) is 10.1 Å². The number of carbonyl (C=O) groups is 1. The number of benzene rings is 3. The smallest absolute Gasteiger partial charge is 0.341 e. The number of fused-ring (bicyclic) bond motifs is 1. The predicted molar refractivity (Wildman–Crippen MR) is 111 cm³/mol. The molecule has 0 bridgehead atoms. The molecule has 0 heterocycles. The van der Waals surface area contributed by atoms with Gasteiger partial charge in [-0.15, -0.1) is 0 Å². The normalized spacial score (nSPS) is 15.4. The van der Waals surface area contributed by atoms with Crippen molar-refractivity contribution in [2.45, 2.75) is 25.3 Å². The van der Waals surface area contributed by atoms with Crippen LogP contribution in [-0.4, -0.2) is 17.7 Å². The Balaban J connectivity index is 1.59. The first-order chi connectivity index (χ1) is 14.1. The first-order valence-corrected chi connectivity index (χ1v) is 9.68. The van der Waals surface area contributed by atoms with E-state index in [1.165, 1.54) is 17.2 Å². The molecule has 29 heavy (non-hydrogen) atoms. The Morgan fingerprint density at radius 3 is 2.72 bits per heavy atom. The van der Waals surface area contributed by atoms with Crippen LogP contribution in [-0.2, 0) is 11.2 Å². The molecule has 0 amide bonds. The minimum Gasteiger partial charge on any atom is -0.482 e. The van der Waals surface area contributed by atoms with Crippen molar-refractivity contribution in [3.63, 3.8) is 0 Å². The van der Waals surface area contributed by atoms with E-state index < -0.39 is 5.97 Å². The highest BCUT2D eigenvalue weighted by atomic mass is 19.1. The fourth-order valence-corrected chi connectivity index (χ4v) is 3.82. The van der Waals surface area contributed by atoms with Gasteiger partial charge >= 0.3 is 5.97 Å². The van der Waals surface area contributed by atoms with Gasteiger partial charge in [0.1, 0.15) is 11.6 Å². The maximum Gasteiger partial charge on any atom is 0.341 e. The molecule has 0 aromatic heterocycles. The second kappa shape index (κ2) is 8.35. The number of carboxylic acids is 1. The highest BCUT2D eigenvalue weighted by molar-refractivity contribution is 5.68. The Morgan fingerprint density at radius 2 is 1.90 bits per heavy atom. The van der Waals surface area contributed by atoms with Crippen LogP contribution in [0.3, 0.4) is 0 Å². The molecule has 0 saturated heterocycles. The minimum atomic E-state index is -1.01. The second-order valence-electron chi connectivity index (χ2n) is 7.22. The highest BCUT2D eigenvalue weighted by Gasteiger charge is 2.21. The topological polar surface area (TPSA) is 58.6 Å². The van der Waals surface area contributed by atoms with Gasteiger partial charge in [0, 0.05) is 11.8 Å². The molecule has 4 rings (SSSR count). The van der Waals surface area contributed by atoms with Gasteiger partial charge in [-0.25, -0.2) is 9.18 Å². The third-order valence-electron chi connectivity index (χ3n) is 5.16. The number of halogens is 1. The van der Waals surface area contributed by atoms with Gasteiger partial charge in [0.15, 0.2) is 6.61 Å². The Hall–Kier alpha value is -3.34. The summed E-state index contributed by atoms with van der Waals surface area (Å²) in [7, 11) is 0. The maximum atomic E-state index is 13.6. The highest BCUT2D eigenvalue weighted by Crippen LogP contribution is 2.36. The Labute approximate surface area is 169 Å². The summed E-state index contributed by atoms with van der Waals surface area (Å²) in [6.07, 6.45) is 3.09. The fraction of sp³-hybridized carbons (Fsp3) is 0.208. The van der Waals surface area contributed by atoms with E-state index in [2.05, 4.69) is 23.5 Å². The molecule has 2 N–H and O–H groups in total. The zero-order chi connectivity index (χ0) is 20.2. The van der Waals surface area contributed by atoms with E-state index in [1.807, 2.05) is 24.3 Å². The second-order valence-corrected chi connectivity index (χ2v) is 7.22. The number of hydrogen-bond acceptors (Lipinski definition) is 3. The van der Waals surface area contributed by atoms with Gasteiger partial charge < -0.3 is 15.2 Å². The van der Waals surface area contributed by atoms with E-state index in [0.29, 0.717) is 5.75 Å². The molecule has 148 valence electrons. The molecular weight excluding hydrogens is 369 g/mol. The van der Waals surface area contributed by atoms with Crippen LogP contribution in [0.25, 0.3) is 11.1 Å². The Morgan fingerprint density at radius 1 is 1.07 bits per heavy atom. The molecule has 1 unspecified atom stereocenters. The summed E-state index contributed by atoms with van der Waals surface area (Å²) in [4.78, 5) is 10.7. The van der Waals surface area contributed by atoms with Crippen molar-refractivity contribution >= 4 is 11.7 Å². The quantitative estimate of drug-likeness (QED) is 0.587. The van der Waals surface area contributed by atoms with E-state index in [1.54, 1.807) is 18.2 Å². The molecular formula is C24H22FNO3. The average molecular weight is 391 g/mol. The van der Waals surface area contributed by atoms with E-state index in [4.69, 9.17) is 9.84 Å². The van der Waals surface area contributed by atoms with Gasteiger partial charge in [-0.2, -0.15) is 0 Å². The third-order valence-corrected chi connectivity index (χ3v) is 5.16. The summed E-state index contributed by atoms with van der Waals surface area (Å²) >= 11 is 0. The van der Waals surface area contributed by atoms with E-state index in [9.17, 15) is 9.18 Å². The van der Waals surface area contributed by atoms with Crippen molar-refractivity contribution in [3.8, 4) is 16.9 Å². The van der Waals surface area contributed by atoms with Gasteiger partial charge in [-0.3, -0.25) is 0 Å². The van der Waals surface area contributed by atoms with Crippen LogP contribution in [0.1, 0.15) is 30.0 Å². The predicted octanol–water partition coefficient (Wildman–Crippen LogP) is 5.45. The lowest BCUT2D eigenvalue weighted by Gasteiger charge is -2.28. The molecule has 0 fully saturated rings. The summed E-state index contributed by atoms with van der Waals surface area (Å²) in [5, 5.41) is 12.3.